The number of unbranched alkanes of at least 4 members (excludes halogenated alkanes) is 1. The number of carboxylic acids is 2. The smallest absolute Gasteiger partial charge is 0.305 e. The maximum Gasteiger partial charge on any atom is 0.305 e. The van der Waals surface area contributed by atoms with Gasteiger partial charge < -0.3 is 114 Å². The molecule has 18 N–H and O–H groups in total. The summed E-state index contributed by atoms with van der Waals surface area (Å²) in [6.45, 7) is 2.30. The van der Waals surface area contributed by atoms with Crippen molar-refractivity contribution in [3.05, 3.63) is 167 Å². The molecule has 6 aromatic rings. The van der Waals surface area contributed by atoms with E-state index in [1.54, 1.807) is 67.7 Å². The highest BCUT2D eigenvalue weighted by molar-refractivity contribution is 8.00. The summed E-state index contributed by atoms with van der Waals surface area (Å²) in [6.07, 6.45) is -3.06. The molecule has 134 heavy (non-hydrogen) atoms. The van der Waals surface area contributed by atoms with Crippen LogP contribution in [0.2, 0.25) is 0 Å². The van der Waals surface area contributed by atoms with E-state index in [1.807, 2.05) is 0 Å². The second kappa shape index (κ2) is 49.1. The third kappa shape index (κ3) is 28.7. The maximum atomic E-state index is 15.7. The molecule has 43 heteroatoms. The number of likely N-dealkylation sites (N-methyl/N-ethyl adjacent to an activating group) is 3. The number of nitrogens with zero attached hydrogens (tertiary/aromatic N) is 5. The van der Waals surface area contributed by atoms with Crippen LogP contribution in [0.5, 0.6) is 11.5 Å². The van der Waals surface area contributed by atoms with Gasteiger partial charge in [-0.25, -0.2) is 13.2 Å². The van der Waals surface area contributed by atoms with E-state index in [-0.39, 0.29) is 76.3 Å². The Morgan fingerprint density at radius 2 is 1.08 bits per heavy atom. The molecule has 15 amide bonds. The molecule has 0 bridgehead atoms. The predicted octanol–water partition coefficient (Wildman–Crippen LogP) is -0.0297. The molecule has 5 aromatic carbocycles. The normalized spacial score (nSPS) is 23.5. The fraction of sp³-hybridized carbons (Fsp3) is 0.462. The highest BCUT2D eigenvalue weighted by Crippen LogP contribution is 2.28. The number of amides is 15. The number of fused-ring (bicyclic) bond motifs is 3. The minimum absolute atomic E-state index is 0.0849. The Labute approximate surface area is 773 Å². The number of morpholine rings is 1. The monoisotopic (exact) mass is 1890 g/mol. The molecule has 0 aliphatic carbocycles. The molecule has 13 atom stereocenters. The first-order valence-electron chi connectivity index (χ1n) is 43.7. The second-order valence-corrected chi connectivity index (χ2v) is 34.5. The number of carbonyl (C=O) groups is 17. The zero-order valence-electron chi connectivity index (χ0n) is 74.8. The lowest BCUT2D eigenvalue weighted by Crippen LogP contribution is -2.64. The van der Waals surface area contributed by atoms with Gasteiger partial charge in [0.1, 0.15) is 90.0 Å². The van der Waals surface area contributed by atoms with E-state index in [0.717, 1.165) is 31.5 Å². The van der Waals surface area contributed by atoms with E-state index in [4.69, 9.17) is 16.2 Å². The number of ether oxygens (including phenoxy) is 1. The van der Waals surface area contributed by atoms with E-state index >= 15 is 51.9 Å². The molecule has 3 fully saturated rings. The molecule has 0 unspecified atom stereocenters. The quantitative estimate of drug-likeness (QED) is 0.0354. The number of hydrogen-bond donors (Lipinski definition) is 16. The summed E-state index contributed by atoms with van der Waals surface area (Å²) in [5.41, 5.74) is 13.1. The molecule has 0 saturated carbocycles. The number of para-hydroxylation sites is 1. The van der Waals surface area contributed by atoms with Crippen LogP contribution in [0.3, 0.4) is 0 Å². The van der Waals surface area contributed by atoms with Crippen LogP contribution in [0.15, 0.2) is 121 Å². The van der Waals surface area contributed by atoms with Crippen molar-refractivity contribution in [3.63, 3.8) is 0 Å². The van der Waals surface area contributed by atoms with Gasteiger partial charge in [0.25, 0.3) is 0 Å². The Morgan fingerprint density at radius 3 is 1.71 bits per heavy atom. The predicted molar refractivity (Wildman–Crippen MR) is 479 cm³/mol. The van der Waals surface area contributed by atoms with Crippen molar-refractivity contribution in [1.82, 2.24) is 77.3 Å². The van der Waals surface area contributed by atoms with Gasteiger partial charge in [-0.2, -0.15) is 0 Å². The van der Waals surface area contributed by atoms with Crippen LogP contribution in [0.1, 0.15) is 106 Å². The van der Waals surface area contributed by atoms with Crippen molar-refractivity contribution in [2.24, 2.45) is 17.4 Å². The maximum absolute atomic E-state index is 15.7. The van der Waals surface area contributed by atoms with E-state index in [0.29, 0.717) is 63.5 Å². The number of aromatic hydroxyl groups is 2. The van der Waals surface area contributed by atoms with Crippen LogP contribution in [0.4, 0.5) is 13.2 Å². The largest absolute Gasteiger partial charge is 0.508 e. The number of nitrogens with one attached hydrogen (secondary N) is 10. The standard InChI is InChI=1S/C91H114F3N17O22S/c1-7-8-19-69-90(131)110-33-14-20-68(110)84(125)104-65(43-76(118)119)83(124)106-78(49(2)3)91(132)108(5)70(40-50-15-10-9-11-16-50)85(126)101-62(29-30-75(116)117)88(129)111-34-35-133-46-72(111)86(127)103-64(42-54-44-97-60-18-13-12-17-57(54)60)82(123)102-63(38-51-21-25-55(112)26-22-51)81(122)100-61(31-32-95)80(121)105-67(79(120)98-45-73(96)114)47-134-48-74(115)99-66(39-53-36-58(92)77(94)59(93)37-53)87(128)109(6)71(89(130)107(69)4)41-52-23-27-56(113)28-24-52/h9-13,15-18,21-28,36-37,44,49,61-72,78,97,112-113H,7-8,14,19-20,29-35,38-43,45-48,95H2,1-6H3,(H2,96,114)(H,98,120)(H,99,115)(H,100,122)(H,101,126)(H,102,123)(H,103,127)(H,104,125)(H,105,121)(H,106,124)(H,116,117)(H,118,119)/t61-,62-,63-,64-,65-,66-,67-,68+,69-,70-,71-,72+,78-/m0/s1. The molecule has 722 valence electrons. The minimum Gasteiger partial charge on any atom is -0.508 e. The third-order valence-corrected chi connectivity index (χ3v) is 24.4. The lowest BCUT2D eigenvalue weighted by atomic mass is 9.98. The summed E-state index contributed by atoms with van der Waals surface area (Å²) in [5, 5.41) is 64.7. The first-order chi connectivity index (χ1) is 63.7. The van der Waals surface area contributed by atoms with Gasteiger partial charge in [-0.15, -0.1) is 11.8 Å². The van der Waals surface area contributed by atoms with E-state index < -0.39 is 278 Å². The van der Waals surface area contributed by atoms with Crippen molar-refractivity contribution in [2.45, 2.75) is 189 Å². The first kappa shape index (κ1) is 104. The van der Waals surface area contributed by atoms with E-state index in [1.165, 1.54) is 76.5 Å². The number of hydrogen-bond acceptors (Lipinski definition) is 22. The number of aromatic nitrogens is 1. The van der Waals surface area contributed by atoms with Gasteiger partial charge in [-0.05, 0) is 115 Å². The van der Waals surface area contributed by atoms with Gasteiger partial charge in [0, 0.05) is 95.6 Å². The van der Waals surface area contributed by atoms with Crippen LogP contribution in [-0.4, -0.2) is 301 Å². The fourth-order valence-corrected chi connectivity index (χ4v) is 16.9. The number of aliphatic carboxylic acids is 2. The number of phenols is 2. The number of halogens is 3. The Kier molecular flexibility index (Phi) is 38.1. The Bertz CT molecular complexity index is 5230. The number of benzene rings is 5. The summed E-state index contributed by atoms with van der Waals surface area (Å²) in [4.78, 5) is 257. The molecule has 1 aromatic heterocycles. The minimum atomic E-state index is -2.00. The van der Waals surface area contributed by atoms with Crippen molar-refractivity contribution < 1.29 is 120 Å². The molecule has 3 saturated heterocycles. The zero-order chi connectivity index (χ0) is 97.9. The molecule has 4 heterocycles. The second-order valence-electron chi connectivity index (χ2n) is 33.4. The lowest BCUT2D eigenvalue weighted by molar-refractivity contribution is -0.152. The van der Waals surface area contributed by atoms with E-state index in [9.17, 15) is 63.2 Å². The van der Waals surface area contributed by atoms with Gasteiger partial charge >= 0.3 is 11.9 Å². The molecule has 0 spiro atoms. The number of rotatable bonds is 24. The van der Waals surface area contributed by atoms with Gasteiger partial charge in [-0.1, -0.05) is 106 Å². The average molecular weight is 1890 g/mol. The van der Waals surface area contributed by atoms with Gasteiger partial charge in [0.15, 0.2) is 17.5 Å². The van der Waals surface area contributed by atoms with Crippen molar-refractivity contribution in [2.75, 3.05) is 72.0 Å². The van der Waals surface area contributed by atoms with Crippen LogP contribution >= 0.6 is 11.8 Å². The van der Waals surface area contributed by atoms with Crippen molar-refractivity contribution >= 4 is 123 Å². The van der Waals surface area contributed by atoms with Gasteiger partial charge in [0.05, 0.1) is 31.9 Å². The Hall–Kier alpha value is -13.7. The zero-order valence-corrected chi connectivity index (χ0v) is 75.6. The molecular formula is C91H114F3N17O22S. The lowest BCUT2D eigenvalue weighted by Gasteiger charge is -2.38. The summed E-state index contributed by atoms with van der Waals surface area (Å²) in [7, 11) is 3.58. The summed E-state index contributed by atoms with van der Waals surface area (Å²) in [5.74, 6) is -26.8. The van der Waals surface area contributed by atoms with Crippen molar-refractivity contribution in [3.8, 4) is 11.5 Å². The first-order valence-corrected chi connectivity index (χ1v) is 44.9. The summed E-state index contributed by atoms with van der Waals surface area (Å²) >= 11 is 0.617. The number of nitrogens with two attached hydrogens (primary N) is 2. The highest BCUT2D eigenvalue weighted by atomic mass is 32.2. The summed E-state index contributed by atoms with van der Waals surface area (Å²) < 4.78 is 50.8. The number of carbonyl (C=O) groups excluding carboxylic acids is 15. The van der Waals surface area contributed by atoms with Crippen LogP contribution < -0.4 is 59.3 Å². The topological polar surface area (TPSA) is 573 Å². The number of aromatic amines is 1. The third-order valence-electron chi connectivity index (χ3n) is 23.4. The van der Waals surface area contributed by atoms with E-state index in [2.05, 4.69) is 52.8 Å². The fourth-order valence-electron chi connectivity index (χ4n) is 16.0. The number of carboxylic acid groups (broad SMARTS) is 2. The van der Waals surface area contributed by atoms with Gasteiger partial charge in [-0.3, -0.25) is 81.5 Å². The molecule has 9 rings (SSSR count). The molecule has 39 nitrogen and oxygen atoms in total. The molecule has 3 aliphatic rings. The van der Waals surface area contributed by atoms with Crippen LogP contribution in [0, 0.1) is 23.4 Å². The Morgan fingerprint density at radius 1 is 0.537 bits per heavy atom. The molecular weight excluding hydrogens is 1770 g/mol. The number of phenolic OH excluding ortho intramolecular Hbond substituents is 2. The number of primary amides is 1. The highest BCUT2D eigenvalue weighted by Gasteiger charge is 2.46. The van der Waals surface area contributed by atoms with Crippen molar-refractivity contribution in [1.29, 1.82) is 0 Å². The number of thioether (sulfide) groups is 1. The average Bonchev–Trinajstić information content (AvgIpc) is 1.71. The summed E-state index contributed by atoms with van der Waals surface area (Å²) in [6, 6.07) is 4.55. The number of H-pyrrole nitrogens is 1. The van der Waals surface area contributed by atoms with Crippen LogP contribution in [0.25, 0.3) is 10.9 Å². The van der Waals surface area contributed by atoms with Crippen LogP contribution in [-0.2, 0) is 118 Å². The SMILES string of the molecule is CCCC[C@H]1C(=O)N2CCC[C@@H]2C(=O)N[C@@H](CC(=O)O)C(=O)N[C@@H](C(C)C)C(=O)N(C)[C@@H](Cc2ccccc2)C(=O)N[C@@H](CCC(=O)O)C(=O)N2CCOC[C@@H]2C(=O)N[C@@H](Cc2c[nH]c3ccccc23)C(=O)N[C@@H](Cc2ccc(O)cc2)C(=O)N[C@@H](CCN)C(=O)N[C@H](C(=O)NCC(N)=O)CSCC(=O)N[C@@H](Cc2cc(F)c(F)c(F)c2)C(=O)N(C)[C@@H](Cc2ccc(O)cc2)C(=O)N1C. The molecule has 3 aliphatic heterocycles. The molecule has 0 radical (unpaired) electrons. The Balaban J connectivity index is 1.14. The van der Waals surface area contributed by atoms with Gasteiger partial charge in [0.2, 0.25) is 88.6 Å².